The monoisotopic (exact) mass is 145 g/mol. The maximum atomic E-state index is 4.27. The van der Waals surface area contributed by atoms with Crippen molar-refractivity contribution in [2.24, 2.45) is 4.99 Å². The number of fused-ring (bicyclic) bond motifs is 1. The van der Waals surface area contributed by atoms with E-state index in [0.29, 0.717) is 5.92 Å². The van der Waals surface area contributed by atoms with Gasteiger partial charge in [0.1, 0.15) is 0 Å². The van der Waals surface area contributed by atoms with E-state index in [9.17, 15) is 0 Å². The molecule has 0 fully saturated rings. The quantitative estimate of drug-likeness (QED) is 0.531. The number of hydrogen-bond donors (Lipinski definition) is 0. The zero-order valence-electron chi connectivity index (χ0n) is 6.62. The third kappa shape index (κ3) is 1.07. The molecule has 0 saturated heterocycles. The summed E-state index contributed by atoms with van der Waals surface area (Å²) in [5.74, 6) is 0.594. The van der Waals surface area contributed by atoms with Gasteiger partial charge in [-0.1, -0.05) is 31.2 Å². The van der Waals surface area contributed by atoms with Gasteiger partial charge in [-0.2, -0.15) is 0 Å². The molecule has 0 N–H and O–H groups in total. The summed E-state index contributed by atoms with van der Waals surface area (Å²) in [4.78, 5) is 4.27. The predicted octanol–water partition coefficient (Wildman–Crippen LogP) is 2.22. The lowest BCUT2D eigenvalue weighted by atomic mass is 9.94. The molecule has 1 aromatic rings. The molecule has 1 aromatic carbocycles. The summed E-state index contributed by atoms with van der Waals surface area (Å²) in [6.07, 6.45) is 1.97. The number of nitrogens with zero attached hydrogens (tertiary/aromatic N) is 1. The van der Waals surface area contributed by atoms with Gasteiger partial charge >= 0.3 is 0 Å². The van der Waals surface area contributed by atoms with Crippen molar-refractivity contribution in [1.29, 1.82) is 0 Å². The Morgan fingerprint density at radius 3 is 3.00 bits per heavy atom. The minimum atomic E-state index is 0.594. The molecule has 1 aliphatic rings. The molecule has 1 heteroatoms. The minimum absolute atomic E-state index is 0.594. The van der Waals surface area contributed by atoms with Crippen LogP contribution in [0.3, 0.4) is 0 Å². The Labute approximate surface area is 66.8 Å². The van der Waals surface area contributed by atoms with Gasteiger partial charge in [-0.15, -0.1) is 0 Å². The van der Waals surface area contributed by atoms with Gasteiger partial charge in [0.15, 0.2) is 0 Å². The van der Waals surface area contributed by atoms with Crippen molar-refractivity contribution in [3.63, 3.8) is 0 Å². The first-order chi connectivity index (χ1) is 5.38. The van der Waals surface area contributed by atoms with E-state index in [4.69, 9.17) is 0 Å². The van der Waals surface area contributed by atoms with Crippen molar-refractivity contribution in [2.45, 2.75) is 12.8 Å². The molecule has 0 bridgehead atoms. The highest BCUT2D eigenvalue weighted by molar-refractivity contribution is 5.83. The number of rotatable bonds is 0. The lowest BCUT2D eigenvalue weighted by Gasteiger charge is -2.15. The van der Waals surface area contributed by atoms with Gasteiger partial charge in [0.25, 0.3) is 0 Å². The fourth-order valence-corrected chi connectivity index (χ4v) is 1.48. The maximum Gasteiger partial charge on any atom is 0.0455 e. The number of hydrogen-bond acceptors (Lipinski definition) is 1. The summed E-state index contributed by atoms with van der Waals surface area (Å²) in [5, 5.41) is 0. The van der Waals surface area contributed by atoms with Crippen LogP contribution < -0.4 is 0 Å². The molecule has 1 atom stereocenters. The molecule has 0 aliphatic carbocycles. The van der Waals surface area contributed by atoms with Crippen LogP contribution in [0.1, 0.15) is 24.0 Å². The zero-order chi connectivity index (χ0) is 7.68. The van der Waals surface area contributed by atoms with Crippen LogP contribution in [0, 0.1) is 0 Å². The number of aliphatic imine (C=N–C) groups is 1. The molecule has 1 heterocycles. The second-order valence-electron chi connectivity index (χ2n) is 3.02. The van der Waals surface area contributed by atoms with E-state index in [1.54, 1.807) is 0 Å². The Balaban J connectivity index is 2.54. The first-order valence-electron chi connectivity index (χ1n) is 3.96. The van der Waals surface area contributed by atoms with E-state index >= 15 is 0 Å². The first kappa shape index (κ1) is 6.59. The molecule has 0 aromatic heterocycles. The van der Waals surface area contributed by atoms with Gasteiger partial charge in [0.2, 0.25) is 0 Å². The highest BCUT2D eigenvalue weighted by Crippen LogP contribution is 2.21. The van der Waals surface area contributed by atoms with Crippen LogP contribution in [0.25, 0.3) is 0 Å². The second kappa shape index (κ2) is 2.50. The van der Waals surface area contributed by atoms with Gasteiger partial charge in [0, 0.05) is 18.7 Å². The van der Waals surface area contributed by atoms with E-state index in [-0.39, 0.29) is 0 Å². The van der Waals surface area contributed by atoms with Gasteiger partial charge in [-0.3, -0.25) is 4.99 Å². The molecule has 1 nitrogen and oxygen atoms in total. The zero-order valence-corrected chi connectivity index (χ0v) is 6.62. The molecule has 0 radical (unpaired) electrons. The Hall–Kier alpha value is -1.11. The van der Waals surface area contributed by atoms with Crippen molar-refractivity contribution in [2.75, 3.05) is 6.54 Å². The lowest BCUT2D eigenvalue weighted by molar-refractivity contribution is 0.765. The molecule has 1 aliphatic heterocycles. The SMILES string of the molecule is CC1CN=Cc2ccccc21. The average Bonchev–Trinajstić information content (AvgIpc) is 2.06. The standard InChI is InChI=1S/C10H11N/c1-8-6-11-7-9-4-2-3-5-10(8)9/h2-5,7-8H,6H2,1H3. The molecule has 0 amide bonds. The summed E-state index contributed by atoms with van der Waals surface area (Å²) in [6.45, 7) is 3.16. The predicted molar refractivity (Wildman–Crippen MR) is 47.3 cm³/mol. The Bertz CT molecular complexity index is 289. The maximum absolute atomic E-state index is 4.27. The molecular weight excluding hydrogens is 134 g/mol. The van der Waals surface area contributed by atoms with Crippen LogP contribution in [0.15, 0.2) is 29.3 Å². The van der Waals surface area contributed by atoms with Gasteiger partial charge in [0.05, 0.1) is 0 Å². The summed E-state index contributed by atoms with van der Waals surface area (Å²) in [6, 6.07) is 8.46. The van der Waals surface area contributed by atoms with Crippen molar-refractivity contribution in [1.82, 2.24) is 0 Å². The fourth-order valence-electron chi connectivity index (χ4n) is 1.48. The van der Waals surface area contributed by atoms with Crippen molar-refractivity contribution in [3.8, 4) is 0 Å². The van der Waals surface area contributed by atoms with Crippen molar-refractivity contribution in [3.05, 3.63) is 35.4 Å². The number of benzene rings is 1. The first-order valence-corrected chi connectivity index (χ1v) is 3.96. The fraction of sp³-hybridized carbons (Fsp3) is 0.300. The van der Waals surface area contributed by atoms with Gasteiger partial charge in [-0.05, 0) is 11.1 Å². The van der Waals surface area contributed by atoms with Crippen LogP contribution >= 0.6 is 0 Å². The van der Waals surface area contributed by atoms with E-state index < -0.39 is 0 Å². The van der Waals surface area contributed by atoms with Crippen molar-refractivity contribution < 1.29 is 0 Å². The van der Waals surface area contributed by atoms with Crippen LogP contribution in [0.4, 0.5) is 0 Å². The van der Waals surface area contributed by atoms with E-state index in [1.807, 2.05) is 6.21 Å². The molecule has 11 heavy (non-hydrogen) atoms. The van der Waals surface area contributed by atoms with Crippen LogP contribution in [-0.4, -0.2) is 12.8 Å². The smallest absolute Gasteiger partial charge is 0.0455 e. The Kier molecular flexibility index (Phi) is 1.50. The van der Waals surface area contributed by atoms with Crippen LogP contribution in [0.5, 0.6) is 0 Å². The average molecular weight is 145 g/mol. The molecule has 1 unspecified atom stereocenters. The Morgan fingerprint density at radius 1 is 1.36 bits per heavy atom. The lowest BCUT2D eigenvalue weighted by Crippen LogP contribution is -2.07. The van der Waals surface area contributed by atoms with Gasteiger partial charge < -0.3 is 0 Å². The molecule has 0 spiro atoms. The molecule has 0 saturated carbocycles. The topological polar surface area (TPSA) is 12.4 Å². The molecule has 56 valence electrons. The third-order valence-corrected chi connectivity index (χ3v) is 2.14. The van der Waals surface area contributed by atoms with Crippen LogP contribution in [-0.2, 0) is 0 Å². The third-order valence-electron chi connectivity index (χ3n) is 2.14. The highest BCUT2D eigenvalue weighted by atomic mass is 14.7. The summed E-state index contributed by atoms with van der Waals surface area (Å²) < 4.78 is 0. The van der Waals surface area contributed by atoms with Gasteiger partial charge in [-0.25, -0.2) is 0 Å². The van der Waals surface area contributed by atoms with E-state index in [1.165, 1.54) is 11.1 Å². The second-order valence-corrected chi connectivity index (χ2v) is 3.02. The van der Waals surface area contributed by atoms with E-state index in [0.717, 1.165) is 6.54 Å². The van der Waals surface area contributed by atoms with E-state index in [2.05, 4.69) is 36.2 Å². The van der Waals surface area contributed by atoms with Crippen LogP contribution in [0.2, 0.25) is 0 Å². The summed E-state index contributed by atoms with van der Waals surface area (Å²) in [7, 11) is 0. The Morgan fingerprint density at radius 2 is 2.18 bits per heavy atom. The normalized spacial score (nSPS) is 21.4. The highest BCUT2D eigenvalue weighted by Gasteiger charge is 2.11. The summed E-state index contributed by atoms with van der Waals surface area (Å²) in [5.41, 5.74) is 2.72. The summed E-state index contributed by atoms with van der Waals surface area (Å²) >= 11 is 0. The molecular formula is C10H11N. The largest absolute Gasteiger partial charge is 0.292 e. The van der Waals surface area contributed by atoms with Crippen molar-refractivity contribution >= 4 is 6.21 Å². The molecule has 2 rings (SSSR count). The minimum Gasteiger partial charge on any atom is -0.292 e.